The second kappa shape index (κ2) is 8.06. The molecule has 0 amide bonds. The summed E-state index contributed by atoms with van der Waals surface area (Å²) in [6.07, 6.45) is 0. The van der Waals surface area contributed by atoms with Crippen molar-refractivity contribution < 1.29 is 0 Å². The Bertz CT molecular complexity index is 1360. The maximum atomic E-state index is 13.1. The van der Waals surface area contributed by atoms with Crippen molar-refractivity contribution in [2.75, 3.05) is 0 Å². The van der Waals surface area contributed by atoms with Gasteiger partial charge in [-0.05, 0) is 35.2 Å². The van der Waals surface area contributed by atoms with E-state index in [-0.39, 0.29) is 12.1 Å². The molecule has 1 aromatic heterocycles. The molecule has 4 aromatic rings. The number of H-pyrrole nitrogens is 1. The molecule has 0 saturated carbocycles. The number of aromatic amines is 1. The fourth-order valence-electron chi connectivity index (χ4n) is 3.57. The van der Waals surface area contributed by atoms with Gasteiger partial charge in [0.2, 0.25) is 0 Å². The van der Waals surface area contributed by atoms with Gasteiger partial charge in [0.1, 0.15) is 0 Å². The van der Waals surface area contributed by atoms with Gasteiger partial charge in [0, 0.05) is 5.69 Å². The predicted molar refractivity (Wildman–Crippen MR) is 117 cm³/mol. The maximum absolute atomic E-state index is 13.1. The van der Waals surface area contributed by atoms with E-state index in [9.17, 15) is 14.9 Å². The third kappa shape index (κ3) is 3.59. The Kier molecular flexibility index (Phi) is 5.15. The summed E-state index contributed by atoms with van der Waals surface area (Å²) in [5.74, 6) is 0. The van der Waals surface area contributed by atoms with Crippen molar-refractivity contribution in [3.8, 4) is 28.3 Å². The van der Waals surface area contributed by atoms with Gasteiger partial charge in [-0.1, -0.05) is 72.8 Å². The van der Waals surface area contributed by atoms with Crippen LogP contribution in [0.3, 0.4) is 0 Å². The largest absolute Gasteiger partial charge is 0.328 e. The molecule has 0 saturated heterocycles. The van der Waals surface area contributed by atoms with E-state index in [2.05, 4.69) is 11.1 Å². The van der Waals surface area contributed by atoms with E-state index < -0.39 is 5.69 Å². The zero-order valence-electron chi connectivity index (χ0n) is 16.4. The van der Waals surface area contributed by atoms with Crippen LogP contribution in [0.15, 0.2) is 88.5 Å². The highest BCUT2D eigenvalue weighted by atomic mass is 16.2. The van der Waals surface area contributed by atoms with Gasteiger partial charge in [0.25, 0.3) is 5.56 Å². The topological polar surface area (TPSA) is 78.7 Å². The van der Waals surface area contributed by atoms with Crippen molar-refractivity contribution in [2.45, 2.75) is 13.5 Å². The average Bonchev–Trinajstić information content (AvgIpc) is 2.77. The maximum Gasteiger partial charge on any atom is 0.328 e. The second-order valence-electron chi connectivity index (χ2n) is 7.04. The zero-order valence-corrected chi connectivity index (χ0v) is 16.4. The molecule has 0 spiro atoms. The van der Waals surface area contributed by atoms with E-state index in [0.717, 1.165) is 22.3 Å². The van der Waals surface area contributed by atoms with Gasteiger partial charge in [-0.15, -0.1) is 0 Å². The minimum absolute atomic E-state index is 0.161. The van der Waals surface area contributed by atoms with Crippen LogP contribution in [0.2, 0.25) is 0 Å². The molecular weight excluding hydrogens is 374 g/mol. The number of nitrogens with zero attached hydrogens (tertiary/aromatic N) is 2. The average molecular weight is 393 g/mol. The first-order valence-electron chi connectivity index (χ1n) is 9.56. The minimum atomic E-state index is -0.434. The molecule has 1 heterocycles. The Morgan fingerprint density at radius 2 is 1.53 bits per heavy atom. The molecule has 0 bridgehead atoms. The van der Waals surface area contributed by atoms with Crippen molar-refractivity contribution >= 4 is 0 Å². The van der Waals surface area contributed by atoms with Gasteiger partial charge < -0.3 is 4.98 Å². The summed E-state index contributed by atoms with van der Waals surface area (Å²) in [7, 11) is 0. The number of hydrogen-bond acceptors (Lipinski definition) is 3. The van der Waals surface area contributed by atoms with E-state index in [1.165, 1.54) is 4.57 Å². The summed E-state index contributed by atoms with van der Waals surface area (Å²) in [6, 6.07) is 26.5. The van der Waals surface area contributed by atoms with Crippen molar-refractivity contribution in [3.63, 3.8) is 0 Å². The van der Waals surface area contributed by atoms with Gasteiger partial charge in [-0.3, -0.25) is 9.36 Å². The summed E-state index contributed by atoms with van der Waals surface area (Å²) >= 11 is 0. The molecule has 1 N–H and O–H groups in total. The molecule has 146 valence electrons. The lowest BCUT2D eigenvalue weighted by molar-refractivity contribution is 0.695. The molecule has 3 aromatic carbocycles. The van der Waals surface area contributed by atoms with Crippen molar-refractivity contribution in [1.29, 1.82) is 5.26 Å². The molecule has 4 rings (SSSR count). The van der Waals surface area contributed by atoms with Crippen molar-refractivity contribution in [3.05, 3.63) is 117 Å². The lowest BCUT2D eigenvalue weighted by atomic mass is 9.99. The number of hydrogen-bond donors (Lipinski definition) is 1. The van der Waals surface area contributed by atoms with Crippen LogP contribution in [0.4, 0.5) is 0 Å². The van der Waals surface area contributed by atoms with E-state index in [1.54, 1.807) is 13.0 Å². The van der Waals surface area contributed by atoms with E-state index in [4.69, 9.17) is 0 Å². The lowest BCUT2D eigenvalue weighted by Crippen LogP contribution is -2.37. The Labute approximate surface area is 173 Å². The first-order valence-corrected chi connectivity index (χ1v) is 9.56. The quantitative estimate of drug-likeness (QED) is 0.567. The smallest absolute Gasteiger partial charge is 0.311 e. The van der Waals surface area contributed by atoms with Crippen LogP contribution in [0.5, 0.6) is 0 Å². The Morgan fingerprint density at radius 3 is 2.23 bits per heavy atom. The second-order valence-corrected chi connectivity index (χ2v) is 7.04. The number of rotatable bonds is 4. The molecule has 0 aliphatic rings. The highest BCUT2D eigenvalue weighted by Gasteiger charge is 2.13. The van der Waals surface area contributed by atoms with Crippen LogP contribution >= 0.6 is 0 Å². The van der Waals surface area contributed by atoms with Crippen LogP contribution in [-0.4, -0.2) is 9.55 Å². The predicted octanol–water partition coefficient (Wildman–Crippen LogP) is 4.10. The monoisotopic (exact) mass is 393 g/mol. The summed E-state index contributed by atoms with van der Waals surface area (Å²) in [5, 5.41) is 9.31. The first-order chi connectivity index (χ1) is 14.6. The van der Waals surface area contributed by atoms with E-state index >= 15 is 0 Å². The third-order valence-corrected chi connectivity index (χ3v) is 5.09. The zero-order chi connectivity index (χ0) is 21.1. The van der Waals surface area contributed by atoms with Crippen LogP contribution < -0.4 is 11.2 Å². The fraction of sp³-hybridized carbons (Fsp3) is 0.0800. The Morgan fingerprint density at radius 1 is 0.867 bits per heavy atom. The van der Waals surface area contributed by atoms with Crippen LogP contribution in [0.1, 0.15) is 16.8 Å². The van der Waals surface area contributed by atoms with Crippen LogP contribution in [0.25, 0.3) is 22.3 Å². The van der Waals surface area contributed by atoms with Crippen LogP contribution in [0, 0.1) is 18.3 Å². The normalized spacial score (nSPS) is 10.5. The SMILES string of the molecule is Cc1[nH]c(=O)n(Cc2ccc(-c3ccccc3C#N)cc2)c(=O)c1-c1ccccc1. The fourth-order valence-corrected chi connectivity index (χ4v) is 3.57. The van der Waals surface area contributed by atoms with Gasteiger partial charge in [-0.25, -0.2) is 4.79 Å². The van der Waals surface area contributed by atoms with Crippen molar-refractivity contribution in [1.82, 2.24) is 9.55 Å². The van der Waals surface area contributed by atoms with Gasteiger partial charge in [-0.2, -0.15) is 5.26 Å². The molecule has 5 nitrogen and oxygen atoms in total. The number of aryl methyl sites for hydroxylation is 1. The van der Waals surface area contributed by atoms with Gasteiger partial charge in [0.05, 0.1) is 23.7 Å². The Balaban J connectivity index is 1.71. The molecule has 0 fully saturated rings. The van der Waals surface area contributed by atoms with E-state index in [0.29, 0.717) is 16.8 Å². The molecule has 0 aliphatic heterocycles. The van der Waals surface area contributed by atoms with Crippen LogP contribution in [-0.2, 0) is 6.54 Å². The summed E-state index contributed by atoms with van der Waals surface area (Å²) < 4.78 is 1.22. The summed E-state index contributed by atoms with van der Waals surface area (Å²) in [4.78, 5) is 28.4. The highest BCUT2D eigenvalue weighted by Crippen LogP contribution is 2.23. The summed E-state index contributed by atoms with van der Waals surface area (Å²) in [6.45, 7) is 1.89. The summed E-state index contributed by atoms with van der Waals surface area (Å²) in [5.41, 5.74) is 4.25. The van der Waals surface area contributed by atoms with Crippen molar-refractivity contribution in [2.24, 2.45) is 0 Å². The number of nitrogens with one attached hydrogen (secondary N) is 1. The molecule has 0 atom stereocenters. The first kappa shape index (κ1) is 19.2. The minimum Gasteiger partial charge on any atom is -0.311 e. The van der Waals surface area contributed by atoms with E-state index in [1.807, 2.05) is 72.8 Å². The molecule has 30 heavy (non-hydrogen) atoms. The molecule has 0 radical (unpaired) electrons. The number of benzene rings is 3. The number of aromatic nitrogens is 2. The van der Waals surface area contributed by atoms with Gasteiger partial charge >= 0.3 is 5.69 Å². The molecular formula is C25H19N3O2. The third-order valence-electron chi connectivity index (χ3n) is 5.09. The molecule has 5 heteroatoms. The molecule has 0 aliphatic carbocycles. The molecule has 0 unspecified atom stereocenters. The lowest BCUT2D eigenvalue weighted by Gasteiger charge is -2.11. The number of nitriles is 1. The highest BCUT2D eigenvalue weighted by molar-refractivity contribution is 5.70. The standard InChI is InChI=1S/C25H19N3O2/c1-17-23(20-7-3-2-4-8-20)24(29)28(25(30)27-17)16-18-11-13-19(14-12-18)22-10-6-5-9-21(22)15-26/h2-14H,16H2,1H3,(H,27,30). The Hall–Kier alpha value is -4.17. The van der Waals surface area contributed by atoms with Gasteiger partial charge in [0.15, 0.2) is 0 Å².